The molecule has 0 saturated carbocycles. The van der Waals surface area contributed by atoms with Gasteiger partial charge in [-0.25, -0.2) is 13.6 Å². The van der Waals surface area contributed by atoms with Crippen molar-refractivity contribution in [3.05, 3.63) is 101 Å². The highest BCUT2D eigenvalue weighted by molar-refractivity contribution is 5.85. The summed E-state index contributed by atoms with van der Waals surface area (Å²) in [5.41, 5.74) is 1.70. The highest BCUT2D eigenvalue weighted by atomic mass is 19.1. The zero-order valence-corrected chi connectivity index (χ0v) is 16.6. The number of amides is 1. The quantitative estimate of drug-likeness (QED) is 0.545. The molecule has 31 heavy (non-hydrogen) atoms. The van der Waals surface area contributed by atoms with E-state index in [9.17, 15) is 23.5 Å². The van der Waals surface area contributed by atoms with Crippen molar-refractivity contribution >= 4 is 11.9 Å². The van der Waals surface area contributed by atoms with E-state index in [4.69, 9.17) is 4.74 Å². The third-order valence-electron chi connectivity index (χ3n) is 4.61. The van der Waals surface area contributed by atoms with Crippen LogP contribution in [0.5, 0.6) is 5.75 Å². The monoisotopic (exact) mass is 425 g/mol. The number of benzene rings is 3. The molecule has 0 aromatic heterocycles. The molecule has 0 spiro atoms. The van der Waals surface area contributed by atoms with Crippen LogP contribution in [0.15, 0.2) is 72.8 Å². The summed E-state index contributed by atoms with van der Waals surface area (Å²) in [7, 11) is 0. The summed E-state index contributed by atoms with van der Waals surface area (Å²) < 4.78 is 32.4. The number of rotatable bonds is 9. The molecule has 0 fully saturated rings. The Labute approximate surface area is 178 Å². The molecular weight excluding hydrogens is 404 g/mol. The number of carbonyl (C=O) groups is 2. The molecule has 0 bridgehead atoms. The molecule has 2 N–H and O–H groups in total. The van der Waals surface area contributed by atoms with Crippen molar-refractivity contribution < 1.29 is 28.2 Å². The van der Waals surface area contributed by atoms with E-state index in [1.54, 1.807) is 24.3 Å². The molecule has 0 aliphatic carbocycles. The molecule has 1 atom stereocenters. The first kappa shape index (κ1) is 22.0. The Morgan fingerprint density at radius 2 is 1.65 bits per heavy atom. The number of carbonyl (C=O) groups excluding carboxylic acids is 1. The molecule has 0 unspecified atom stereocenters. The zero-order chi connectivity index (χ0) is 22.2. The van der Waals surface area contributed by atoms with Crippen LogP contribution in [0.4, 0.5) is 8.78 Å². The predicted octanol–water partition coefficient (Wildman–Crippen LogP) is 3.90. The second-order valence-corrected chi connectivity index (χ2v) is 6.99. The molecule has 3 rings (SSSR count). The predicted molar refractivity (Wildman–Crippen MR) is 111 cm³/mol. The molecular formula is C24H21F2NO4. The van der Waals surface area contributed by atoms with Crippen molar-refractivity contribution in [1.29, 1.82) is 0 Å². The molecule has 1 amide bonds. The van der Waals surface area contributed by atoms with Crippen LogP contribution in [0.1, 0.15) is 16.7 Å². The van der Waals surface area contributed by atoms with Crippen molar-refractivity contribution in [2.45, 2.75) is 25.5 Å². The van der Waals surface area contributed by atoms with Crippen LogP contribution in [0.2, 0.25) is 0 Å². The normalized spacial score (nSPS) is 11.5. The minimum atomic E-state index is -1.21. The van der Waals surface area contributed by atoms with Crippen molar-refractivity contribution in [3.63, 3.8) is 0 Å². The van der Waals surface area contributed by atoms with Gasteiger partial charge in [0.1, 0.15) is 30.0 Å². The summed E-state index contributed by atoms with van der Waals surface area (Å²) >= 11 is 0. The van der Waals surface area contributed by atoms with Crippen LogP contribution in [0.3, 0.4) is 0 Å². The number of carboxylic acid groups (broad SMARTS) is 1. The lowest BCUT2D eigenvalue weighted by atomic mass is 10.0. The fraction of sp³-hybridized carbons (Fsp3) is 0.167. The van der Waals surface area contributed by atoms with Crippen LogP contribution in [0.25, 0.3) is 0 Å². The van der Waals surface area contributed by atoms with Gasteiger partial charge < -0.3 is 15.2 Å². The first-order valence-corrected chi connectivity index (χ1v) is 9.62. The van der Waals surface area contributed by atoms with E-state index in [1.807, 2.05) is 30.3 Å². The smallest absolute Gasteiger partial charge is 0.326 e. The Hall–Kier alpha value is -3.74. The van der Waals surface area contributed by atoms with E-state index < -0.39 is 29.6 Å². The molecule has 160 valence electrons. The van der Waals surface area contributed by atoms with Gasteiger partial charge in [-0.15, -0.1) is 0 Å². The van der Waals surface area contributed by atoms with Gasteiger partial charge in [0.25, 0.3) is 0 Å². The maximum absolute atomic E-state index is 13.7. The summed E-state index contributed by atoms with van der Waals surface area (Å²) in [6, 6.07) is 18.3. The van der Waals surface area contributed by atoms with Crippen LogP contribution in [-0.2, 0) is 29.0 Å². The lowest BCUT2D eigenvalue weighted by Gasteiger charge is -2.15. The first-order valence-electron chi connectivity index (χ1n) is 9.62. The van der Waals surface area contributed by atoms with Crippen molar-refractivity contribution in [2.24, 2.45) is 0 Å². The Bertz CT molecular complexity index is 1040. The fourth-order valence-electron chi connectivity index (χ4n) is 2.98. The minimum Gasteiger partial charge on any atom is -0.489 e. The maximum Gasteiger partial charge on any atom is 0.326 e. The maximum atomic E-state index is 13.7. The number of ether oxygens (including phenoxy) is 1. The minimum absolute atomic E-state index is 0.0112. The third-order valence-corrected chi connectivity index (χ3v) is 4.61. The number of hydrogen-bond acceptors (Lipinski definition) is 3. The van der Waals surface area contributed by atoms with E-state index in [1.165, 1.54) is 0 Å². The summed E-state index contributed by atoms with van der Waals surface area (Å²) in [5.74, 6) is -2.84. The van der Waals surface area contributed by atoms with Gasteiger partial charge in [0.15, 0.2) is 0 Å². The van der Waals surface area contributed by atoms with Crippen LogP contribution < -0.4 is 10.1 Å². The second kappa shape index (κ2) is 10.3. The summed E-state index contributed by atoms with van der Waals surface area (Å²) in [5, 5.41) is 11.8. The van der Waals surface area contributed by atoms with Gasteiger partial charge in [0.2, 0.25) is 5.91 Å². The number of halogens is 2. The number of carboxylic acids is 1. The SMILES string of the molecule is O=C(Cc1ccc(F)cc1F)N[C@H](Cc1ccc(OCc2ccccc2)cc1)C(=O)O. The highest BCUT2D eigenvalue weighted by Gasteiger charge is 2.21. The highest BCUT2D eigenvalue weighted by Crippen LogP contribution is 2.16. The van der Waals surface area contributed by atoms with Gasteiger partial charge in [0.05, 0.1) is 6.42 Å². The molecule has 3 aromatic carbocycles. The number of aliphatic carboxylic acids is 1. The third kappa shape index (κ3) is 6.64. The first-order chi connectivity index (χ1) is 14.9. The van der Waals surface area contributed by atoms with Crippen molar-refractivity contribution in [3.8, 4) is 5.75 Å². The topological polar surface area (TPSA) is 75.6 Å². The molecule has 0 aliphatic rings. The van der Waals surface area contributed by atoms with Gasteiger partial charge in [0, 0.05) is 12.5 Å². The van der Waals surface area contributed by atoms with Gasteiger partial charge in [-0.1, -0.05) is 48.5 Å². The Morgan fingerprint density at radius 3 is 2.29 bits per heavy atom. The molecule has 0 heterocycles. The van der Waals surface area contributed by atoms with Crippen LogP contribution in [-0.4, -0.2) is 23.0 Å². The summed E-state index contributed by atoms with van der Waals surface area (Å²) in [4.78, 5) is 23.7. The molecule has 0 aliphatic heterocycles. The van der Waals surface area contributed by atoms with Gasteiger partial charge in [-0.2, -0.15) is 0 Å². The average Bonchev–Trinajstić information content (AvgIpc) is 2.75. The fourth-order valence-corrected chi connectivity index (χ4v) is 2.98. The van der Waals surface area contributed by atoms with Gasteiger partial charge >= 0.3 is 5.97 Å². The van der Waals surface area contributed by atoms with E-state index in [-0.39, 0.29) is 18.4 Å². The Balaban J connectivity index is 1.56. The van der Waals surface area contributed by atoms with Crippen molar-refractivity contribution in [2.75, 3.05) is 0 Å². The van der Waals surface area contributed by atoms with Crippen LogP contribution >= 0.6 is 0 Å². The summed E-state index contributed by atoms with van der Waals surface area (Å²) in [6.45, 7) is 0.411. The number of nitrogens with one attached hydrogen (secondary N) is 1. The van der Waals surface area contributed by atoms with Gasteiger partial charge in [-0.05, 0) is 34.9 Å². The lowest BCUT2D eigenvalue weighted by Crippen LogP contribution is -2.43. The standard InChI is InChI=1S/C24H21F2NO4/c25-19-9-8-18(21(26)14-19)13-23(28)27-22(24(29)30)12-16-6-10-20(11-7-16)31-15-17-4-2-1-3-5-17/h1-11,14,22H,12-13,15H2,(H,27,28)(H,29,30)/t22-/m1/s1. The van der Waals surface area contributed by atoms with Crippen molar-refractivity contribution in [1.82, 2.24) is 5.32 Å². The molecule has 0 saturated heterocycles. The van der Waals surface area contributed by atoms with E-state index in [0.717, 1.165) is 17.7 Å². The average molecular weight is 425 g/mol. The van der Waals surface area contributed by atoms with Gasteiger partial charge in [-0.3, -0.25) is 4.79 Å². The van der Waals surface area contributed by atoms with E-state index in [0.29, 0.717) is 24.0 Å². The molecule has 7 heteroatoms. The number of hydrogen-bond donors (Lipinski definition) is 2. The lowest BCUT2D eigenvalue weighted by molar-refractivity contribution is -0.141. The summed E-state index contributed by atoms with van der Waals surface area (Å²) in [6.07, 6.45) is -0.339. The molecule has 5 nitrogen and oxygen atoms in total. The Kier molecular flexibility index (Phi) is 7.32. The van der Waals surface area contributed by atoms with E-state index >= 15 is 0 Å². The largest absolute Gasteiger partial charge is 0.489 e. The zero-order valence-electron chi connectivity index (χ0n) is 16.6. The van der Waals surface area contributed by atoms with E-state index in [2.05, 4.69) is 5.32 Å². The van der Waals surface area contributed by atoms with Crippen LogP contribution in [0, 0.1) is 11.6 Å². The Morgan fingerprint density at radius 1 is 0.935 bits per heavy atom. The molecule has 3 aromatic rings. The second-order valence-electron chi connectivity index (χ2n) is 6.99. The molecule has 0 radical (unpaired) electrons.